The third-order valence-electron chi connectivity index (χ3n) is 10.1. The van der Waals surface area contributed by atoms with Gasteiger partial charge in [-0.3, -0.25) is 24.0 Å². The number of benzene rings is 2. The number of likely N-dealkylation sites (N-methyl/N-ethyl adjacent to an activating group) is 1. The molecule has 2 aromatic carbocycles. The fraction of sp³-hybridized carbons (Fsp3) is 0.476. The number of hydrogen-bond acceptors (Lipinski definition) is 13. The quantitative estimate of drug-likeness (QED) is 0.0922. The summed E-state index contributed by atoms with van der Waals surface area (Å²) in [6.07, 6.45) is 4.20. The second-order valence-corrected chi connectivity index (χ2v) is 14.7. The standard InChI is InChI=1S/C42H56N8O7/c1-25(2)33(46)7-8-35(51)34-19-27-5-9-38(56-15-13-44)31(18-27)32-20-28(6-10-39(32)57-16-14-45)40(37(53)17-26(3)41(54)49-34)50(4)42(55)29(11-12-43)21-36(52)30-22-47-24-48-23-30/h5-6,9-10,18,20,22-26,29,34,40,46H,7-8,11-17,19,21,43-45H2,1-4H3,(H,49,54). The molecule has 2 heterocycles. The number of ketones is 3. The number of amides is 2. The minimum absolute atomic E-state index is 0.0278. The van der Waals surface area contributed by atoms with Crippen LogP contribution in [0.25, 0.3) is 11.1 Å². The van der Waals surface area contributed by atoms with Gasteiger partial charge in [-0.1, -0.05) is 32.9 Å². The Balaban J connectivity index is 1.87. The number of rotatable bonds is 18. The Morgan fingerprint density at radius 3 is 2.16 bits per heavy atom. The lowest BCUT2D eigenvalue weighted by Gasteiger charge is -2.32. The molecule has 0 spiro atoms. The van der Waals surface area contributed by atoms with Gasteiger partial charge in [-0.15, -0.1) is 0 Å². The van der Waals surface area contributed by atoms with E-state index in [-0.39, 0.29) is 94.4 Å². The number of nitrogens with two attached hydrogens (primary N) is 3. The largest absolute Gasteiger partial charge is 0.492 e. The second kappa shape index (κ2) is 21.2. The highest BCUT2D eigenvalue weighted by molar-refractivity contribution is 6.00. The van der Waals surface area contributed by atoms with E-state index in [0.717, 1.165) is 0 Å². The van der Waals surface area contributed by atoms with Gasteiger partial charge < -0.3 is 42.3 Å². The van der Waals surface area contributed by atoms with Crippen molar-refractivity contribution >= 4 is 34.9 Å². The van der Waals surface area contributed by atoms with Gasteiger partial charge in [0.05, 0.1) is 11.6 Å². The molecule has 0 aliphatic carbocycles. The monoisotopic (exact) mass is 784 g/mol. The molecular weight excluding hydrogens is 729 g/mol. The first-order chi connectivity index (χ1) is 27.3. The SMILES string of the molecule is CC(C)C(=N)CCC(=O)C1Cc2ccc(OCCN)c(c2)-c2cc(ccc2OCCN)C(N(C)C(=O)C(CCN)CC(=O)c2cncnc2)C(=O)CC(C)C(=O)N1. The fourth-order valence-corrected chi connectivity index (χ4v) is 6.79. The van der Waals surface area contributed by atoms with E-state index in [1.54, 1.807) is 31.2 Å². The van der Waals surface area contributed by atoms with E-state index in [2.05, 4.69) is 15.3 Å². The van der Waals surface area contributed by atoms with Crippen LogP contribution in [0.5, 0.6) is 11.5 Å². The molecule has 15 heteroatoms. The number of ether oxygens (including phenoxy) is 2. The van der Waals surface area contributed by atoms with Crippen LogP contribution in [-0.4, -0.2) is 95.7 Å². The third-order valence-corrected chi connectivity index (χ3v) is 10.1. The van der Waals surface area contributed by atoms with E-state index in [1.165, 1.54) is 30.7 Å². The van der Waals surface area contributed by atoms with Crippen molar-refractivity contribution in [2.75, 3.05) is 39.9 Å². The summed E-state index contributed by atoms with van der Waals surface area (Å²) in [5, 5.41) is 11.2. The molecule has 4 atom stereocenters. The molecule has 4 bridgehead atoms. The highest BCUT2D eigenvalue weighted by Crippen LogP contribution is 2.41. The lowest BCUT2D eigenvalue weighted by molar-refractivity contribution is -0.142. The highest BCUT2D eigenvalue weighted by Gasteiger charge is 2.36. The minimum Gasteiger partial charge on any atom is -0.492 e. The van der Waals surface area contributed by atoms with E-state index in [0.29, 0.717) is 39.5 Å². The predicted molar refractivity (Wildman–Crippen MR) is 216 cm³/mol. The predicted octanol–water partition coefficient (Wildman–Crippen LogP) is 3.22. The van der Waals surface area contributed by atoms with E-state index in [1.807, 2.05) is 26.0 Å². The fourth-order valence-electron chi connectivity index (χ4n) is 6.79. The molecule has 0 saturated heterocycles. The van der Waals surface area contributed by atoms with Crippen molar-refractivity contribution in [2.45, 2.75) is 71.4 Å². The number of Topliss-reactive ketones (excluding diaryl/α,β-unsaturated/α-hetero) is 3. The van der Waals surface area contributed by atoms with Gasteiger partial charge in [0.1, 0.15) is 37.1 Å². The molecule has 2 amide bonds. The van der Waals surface area contributed by atoms with Crippen molar-refractivity contribution in [1.29, 1.82) is 5.41 Å². The summed E-state index contributed by atoms with van der Waals surface area (Å²) in [4.78, 5) is 78.9. The van der Waals surface area contributed by atoms with Gasteiger partial charge in [0.15, 0.2) is 17.3 Å². The highest BCUT2D eigenvalue weighted by atomic mass is 16.5. The van der Waals surface area contributed by atoms with Crippen LogP contribution in [0.3, 0.4) is 0 Å². The average Bonchev–Trinajstić information content (AvgIpc) is 3.20. The Bertz CT molecular complexity index is 1900. The van der Waals surface area contributed by atoms with Crippen LogP contribution in [-0.2, 0) is 25.6 Å². The molecule has 3 aromatic rings. The van der Waals surface area contributed by atoms with E-state index in [4.69, 9.17) is 32.1 Å². The van der Waals surface area contributed by atoms with Crippen LogP contribution >= 0.6 is 0 Å². The zero-order chi connectivity index (χ0) is 41.6. The molecule has 15 nitrogen and oxygen atoms in total. The van der Waals surface area contributed by atoms with Gasteiger partial charge in [-0.2, -0.15) is 0 Å². The third kappa shape index (κ3) is 11.8. The molecule has 306 valence electrons. The van der Waals surface area contributed by atoms with Gasteiger partial charge in [0.25, 0.3) is 0 Å². The van der Waals surface area contributed by atoms with Crippen molar-refractivity contribution < 1.29 is 33.4 Å². The first-order valence-corrected chi connectivity index (χ1v) is 19.4. The smallest absolute Gasteiger partial charge is 0.226 e. The van der Waals surface area contributed by atoms with Gasteiger partial charge in [0, 0.05) is 80.5 Å². The number of nitrogens with one attached hydrogen (secondary N) is 2. The Hall–Kier alpha value is -5.38. The van der Waals surface area contributed by atoms with Crippen LogP contribution in [0.15, 0.2) is 55.1 Å². The molecule has 0 radical (unpaired) electrons. The topological polar surface area (TPSA) is 247 Å². The van der Waals surface area contributed by atoms with Crippen LogP contribution in [0.2, 0.25) is 0 Å². The zero-order valence-electron chi connectivity index (χ0n) is 33.3. The maximum Gasteiger partial charge on any atom is 0.226 e. The normalized spacial score (nSPS) is 17.6. The van der Waals surface area contributed by atoms with Gasteiger partial charge >= 0.3 is 0 Å². The molecule has 1 aliphatic heterocycles. The first-order valence-electron chi connectivity index (χ1n) is 19.4. The van der Waals surface area contributed by atoms with E-state index < -0.39 is 41.5 Å². The minimum atomic E-state index is -1.20. The number of nitrogens with zero attached hydrogens (tertiary/aromatic N) is 3. The molecule has 0 saturated carbocycles. The summed E-state index contributed by atoms with van der Waals surface area (Å²) < 4.78 is 12.2. The van der Waals surface area contributed by atoms with Gasteiger partial charge in [0.2, 0.25) is 11.8 Å². The molecule has 1 aromatic heterocycles. The maximum atomic E-state index is 14.6. The lowest BCUT2D eigenvalue weighted by Crippen LogP contribution is -2.46. The number of carbonyl (C=O) groups excluding carboxylic acids is 5. The lowest BCUT2D eigenvalue weighted by atomic mass is 9.88. The van der Waals surface area contributed by atoms with Gasteiger partial charge in [-0.05, 0) is 67.1 Å². The summed E-state index contributed by atoms with van der Waals surface area (Å²) >= 11 is 0. The van der Waals surface area contributed by atoms with Crippen molar-refractivity contribution in [3.63, 3.8) is 0 Å². The molecule has 8 N–H and O–H groups in total. The summed E-state index contributed by atoms with van der Waals surface area (Å²) in [5.74, 6) is -2.93. The second-order valence-electron chi connectivity index (χ2n) is 14.7. The van der Waals surface area contributed by atoms with Gasteiger partial charge in [-0.25, -0.2) is 9.97 Å². The van der Waals surface area contributed by atoms with Crippen LogP contribution in [0.1, 0.15) is 80.4 Å². The van der Waals surface area contributed by atoms with E-state index >= 15 is 0 Å². The summed E-state index contributed by atoms with van der Waals surface area (Å²) in [5.41, 5.74) is 20.5. The summed E-state index contributed by atoms with van der Waals surface area (Å²) in [6.45, 7) is 6.32. The summed E-state index contributed by atoms with van der Waals surface area (Å²) in [7, 11) is 1.50. The Kier molecular flexibility index (Phi) is 16.5. The Labute approximate surface area is 334 Å². The summed E-state index contributed by atoms with van der Waals surface area (Å²) in [6, 6.07) is 8.42. The van der Waals surface area contributed by atoms with Crippen molar-refractivity contribution in [2.24, 2.45) is 35.0 Å². The van der Waals surface area contributed by atoms with Crippen molar-refractivity contribution in [3.05, 3.63) is 71.8 Å². The molecule has 57 heavy (non-hydrogen) atoms. The first kappa shape index (κ1) is 44.3. The molecule has 4 unspecified atom stereocenters. The zero-order valence-corrected chi connectivity index (χ0v) is 33.3. The van der Waals surface area contributed by atoms with Crippen molar-refractivity contribution in [3.8, 4) is 22.6 Å². The average molecular weight is 785 g/mol. The number of hydrogen-bond donors (Lipinski definition) is 5. The van der Waals surface area contributed by atoms with E-state index in [9.17, 15) is 24.0 Å². The number of aromatic nitrogens is 2. The van der Waals surface area contributed by atoms with Crippen LogP contribution in [0, 0.1) is 23.2 Å². The molecule has 1 aliphatic rings. The number of fused-ring (bicyclic) bond motifs is 5. The molecule has 0 fully saturated rings. The maximum absolute atomic E-state index is 14.6. The Morgan fingerprint density at radius 2 is 1.54 bits per heavy atom. The number of carbonyl (C=O) groups is 5. The molecular formula is C42H56N8O7. The molecule has 4 rings (SSSR count). The van der Waals surface area contributed by atoms with Crippen LogP contribution < -0.4 is 32.0 Å². The van der Waals surface area contributed by atoms with Crippen LogP contribution in [0.4, 0.5) is 0 Å². The Morgan fingerprint density at radius 1 is 0.912 bits per heavy atom. The van der Waals surface area contributed by atoms with Crippen molar-refractivity contribution in [1.82, 2.24) is 20.2 Å².